The third-order valence-corrected chi connectivity index (χ3v) is 4.82. The van der Waals surface area contributed by atoms with Crippen LogP contribution in [0.5, 0.6) is 0 Å². The summed E-state index contributed by atoms with van der Waals surface area (Å²) in [6.45, 7) is 8.57. The Balaban J connectivity index is 1.58. The van der Waals surface area contributed by atoms with Crippen molar-refractivity contribution < 1.29 is 9.84 Å². The van der Waals surface area contributed by atoms with Gasteiger partial charge in [-0.1, -0.05) is 30.3 Å². The van der Waals surface area contributed by atoms with Crippen LogP contribution in [0.2, 0.25) is 0 Å². The van der Waals surface area contributed by atoms with Crippen molar-refractivity contribution in [3.8, 4) is 0 Å². The molecule has 2 rings (SSSR count). The Bertz CT molecular complexity index is 417. The maximum absolute atomic E-state index is 9.62. The van der Waals surface area contributed by atoms with Gasteiger partial charge in [0.1, 0.15) is 0 Å². The number of benzene rings is 1. The van der Waals surface area contributed by atoms with Crippen molar-refractivity contribution in [2.45, 2.75) is 38.4 Å². The van der Waals surface area contributed by atoms with Crippen LogP contribution in [-0.2, 0) is 11.2 Å². The molecule has 130 valence electrons. The molecule has 0 spiro atoms. The van der Waals surface area contributed by atoms with Gasteiger partial charge in [-0.2, -0.15) is 0 Å². The number of aliphatic hydroxyl groups is 1. The fourth-order valence-electron chi connectivity index (χ4n) is 3.25. The quantitative estimate of drug-likeness (QED) is 0.755. The van der Waals surface area contributed by atoms with Crippen LogP contribution in [-0.4, -0.2) is 73.5 Å². The maximum Gasteiger partial charge on any atom is 0.0839 e. The average molecular weight is 320 g/mol. The van der Waals surface area contributed by atoms with Crippen LogP contribution < -0.4 is 0 Å². The lowest BCUT2D eigenvalue weighted by atomic mass is 10.1. The predicted octanol–water partition coefficient (Wildman–Crippen LogP) is 2.02. The summed E-state index contributed by atoms with van der Waals surface area (Å²) in [7, 11) is 1.68. The first-order valence-corrected chi connectivity index (χ1v) is 8.88. The molecular weight excluding hydrogens is 288 g/mol. The molecule has 0 radical (unpaired) electrons. The molecule has 4 nitrogen and oxygen atoms in total. The molecule has 1 aromatic carbocycles. The van der Waals surface area contributed by atoms with Gasteiger partial charge < -0.3 is 19.6 Å². The van der Waals surface area contributed by atoms with E-state index in [9.17, 15) is 5.11 Å². The summed E-state index contributed by atoms with van der Waals surface area (Å²) in [4.78, 5) is 5.06. The second kappa shape index (κ2) is 10.0. The van der Waals surface area contributed by atoms with Crippen molar-refractivity contribution in [2.75, 3.05) is 46.4 Å². The number of methoxy groups -OCH3 is 1. The van der Waals surface area contributed by atoms with Gasteiger partial charge in [0, 0.05) is 39.8 Å². The first-order chi connectivity index (χ1) is 11.2. The van der Waals surface area contributed by atoms with Gasteiger partial charge in [0.15, 0.2) is 0 Å². The van der Waals surface area contributed by atoms with E-state index >= 15 is 0 Å². The fraction of sp³-hybridized carbons (Fsp3) is 0.684. The van der Waals surface area contributed by atoms with Gasteiger partial charge in [0.2, 0.25) is 0 Å². The summed E-state index contributed by atoms with van der Waals surface area (Å²) in [6.07, 6.45) is 2.88. The van der Waals surface area contributed by atoms with Gasteiger partial charge in [0.05, 0.1) is 12.2 Å². The molecule has 1 saturated heterocycles. The van der Waals surface area contributed by atoms with E-state index in [2.05, 4.69) is 40.1 Å². The van der Waals surface area contributed by atoms with Gasteiger partial charge in [-0.25, -0.2) is 0 Å². The Kier molecular flexibility index (Phi) is 8.03. The summed E-state index contributed by atoms with van der Waals surface area (Å²) in [5.74, 6) is 0. The Morgan fingerprint density at radius 3 is 2.22 bits per heavy atom. The molecule has 1 aliphatic heterocycles. The number of hydrogen-bond donors (Lipinski definition) is 1. The summed E-state index contributed by atoms with van der Waals surface area (Å²) in [5, 5.41) is 9.62. The highest BCUT2D eigenvalue weighted by Gasteiger charge is 2.19. The molecule has 1 N–H and O–H groups in total. The Hall–Kier alpha value is -0.940. The highest BCUT2D eigenvalue weighted by atomic mass is 16.5. The molecule has 1 aromatic rings. The summed E-state index contributed by atoms with van der Waals surface area (Å²) < 4.78 is 5.33. The van der Waals surface area contributed by atoms with E-state index in [0.29, 0.717) is 0 Å². The van der Waals surface area contributed by atoms with Crippen LogP contribution in [0, 0.1) is 0 Å². The van der Waals surface area contributed by atoms with Crippen LogP contribution in [0.15, 0.2) is 30.3 Å². The zero-order valence-electron chi connectivity index (χ0n) is 14.7. The van der Waals surface area contributed by atoms with E-state index in [0.717, 1.165) is 39.1 Å². The van der Waals surface area contributed by atoms with E-state index in [1.54, 1.807) is 14.0 Å². The minimum atomic E-state index is -0.390. The normalized spacial score (nSPS) is 19.6. The predicted molar refractivity (Wildman–Crippen MR) is 94.7 cm³/mol. The first-order valence-electron chi connectivity index (χ1n) is 8.88. The lowest BCUT2D eigenvalue weighted by Crippen LogP contribution is -2.47. The number of nitrogens with zero attached hydrogens (tertiary/aromatic N) is 2. The smallest absolute Gasteiger partial charge is 0.0839 e. The molecule has 0 amide bonds. The lowest BCUT2D eigenvalue weighted by Gasteiger charge is -2.35. The molecule has 2 unspecified atom stereocenters. The topological polar surface area (TPSA) is 35.9 Å². The molecule has 1 fully saturated rings. The van der Waals surface area contributed by atoms with Gasteiger partial charge in [-0.15, -0.1) is 0 Å². The van der Waals surface area contributed by atoms with Crippen molar-refractivity contribution in [2.24, 2.45) is 0 Å². The van der Waals surface area contributed by atoms with E-state index in [-0.39, 0.29) is 12.2 Å². The van der Waals surface area contributed by atoms with Crippen LogP contribution in [0.1, 0.15) is 25.3 Å². The second-order valence-electron chi connectivity index (χ2n) is 6.58. The first kappa shape index (κ1) is 18.4. The van der Waals surface area contributed by atoms with Crippen molar-refractivity contribution in [1.82, 2.24) is 9.80 Å². The second-order valence-corrected chi connectivity index (χ2v) is 6.58. The maximum atomic E-state index is 9.62. The van der Waals surface area contributed by atoms with Crippen molar-refractivity contribution in [3.05, 3.63) is 35.9 Å². The number of hydrogen-bond acceptors (Lipinski definition) is 4. The zero-order valence-corrected chi connectivity index (χ0v) is 14.7. The SMILES string of the molecule is COC(CCN1CCN(CCCc2ccccc2)CC1)C(C)O. The van der Waals surface area contributed by atoms with E-state index in [1.165, 1.54) is 24.9 Å². The van der Waals surface area contributed by atoms with Crippen molar-refractivity contribution >= 4 is 0 Å². The van der Waals surface area contributed by atoms with Gasteiger partial charge in [-0.3, -0.25) is 0 Å². The van der Waals surface area contributed by atoms with Crippen LogP contribution >= 0.6 is 0 Å². The molecule has 1 aliphatic rings. The summed E-state index contributed by atoms with van der Waals surface area (Å²) in [5.41, 5.74) is 1.44. The van der Waals surface area contributed by atoms with Crippen molar-refractivity contribution in [1.29, 1.82) is 0 Å². The molecule has 2 atom stereocenters. The minimum Gasteiger partial charge on any atom is -0.391 e. The highest BCUT2D eigenvalue weighted by molar-refractivity contribution is 5.14. The third-order valence-electron chi connectivity index (χ3n) is 4.82. The monoisotopic (exact) mass is 320 g/mol. The molecule has 1 heterocycles. The molecule has 23 heavy (non-hydrogen) atoms. The molecule has 0 saturated carbocycles. The van der Waals surface area contributed by atoms with E-state index in [4.69, 9.17) is 4.74 Å². The average Bonchev–Trinajstić information content (AvgIpc) is 2.57. The largest absolute Gasteiger partial charge is 0.391 e. The van der Waals surface area contributed by atoms with E-state index < -0.39 is 0 Å². The highest BCUT2D eigenvalue weighted by Crippen LogP contribution is 2.09. The zero-order chi connectivity index (χ0) is 16.5. The summed E-state index contributed by atoms with van der Waals surface area (Å²) in [6, 6.07) is 10.7. The molecular formula is C19H32N2O2. The Morgan fingerprint density at radius 2 is 1.65 bits per heavy atom. The van der Waals surface area contributed by atoms with Gasteiger partial charge >= 0.3 is 0 Å². The van der Waals surface area contributed by atoms with Crippen molar-refractivity contribution in [3.63, 3.8) is 0 Å². The van der Waals surface area contributed by atoms with Gasteiger partial charge in [0.25, 0.3) is 0 Å². The third kappa shape index (κ3) is 6.60. The minimum absolute atomic E-state index is 0.0427. The standard InChI is InChI=1S/C19H32N2O2/c1-17(22)19(23-2)10-12-21-15-13-20(14-16-21)11-6-9-18-7-4-3-5-8-18/h3-5,7-8,17,19,22H,6,9-16H2,1-2H3. The lowest BCUT2D eigenvalue weighted by molar-refractivity contribution is -0.0139. The Morgan fingerprint density at radius 1 is 1.04 bits per heavy atom. The van der Waals surface area contributed by atoms with E-state index in [1.807, 2.05) is 0 Å². The molecule has 0 aromatic heterocycles. The molecule has 4 heteroatoms. The Labute approximate surface area is 141 Å². The summed E-state index contributed by atoms with van der Waals surface area (Å²) >= 11 is 0. The molecule has 0 aliphatic carbocycles. The molecule has 0 bridgehead atoms. The fourth-order valence-corrected chi connectivity index (χ4v) is 3.25. The van der Waals surface area contributed by atoms with Crippen LogP contribution in [0.4, 0.5) is 0 Å². The number of aryl methyl sites for hydroxylation is 1. The van der Waals surface area contributed by atoms with Crippen LogP contribution in [0.3, 0.4) is 0 Å². The van der Waals surface area contributed by atoms with Crippen LogP contribution in [0.25, 0.3) is 0 Å². The number of ether oxygens (including phenoxy) is 1. The van der Waals surface area contributed by atoms with Gasteiger partial charge in [-0.05, 0) is 38.3 Å². The number of aliphatic hydroxyl groups excluding tert-OH is 1. The number of piperazine rings is 1. The number of rotatable bonds is 9.